The lowest BCUT2D eigenvalue weighted by molar-refractivity contribution is -0.153. The average Bonchev–Trinajstić information content (AvgIpc) is 3.01. The van der Waals surface area contributed by atoms with E-state index in [-0.39, 0.29) is 12.5 Å². The van der Waals surface area contributed by atoms with Crippen molar-refractivity contribution in [1.82, 2.24) is 4.90 Å². The van der Waals surface area contributed by atoms with Crippen LogP contribution in [0.4, 0.5) is 10.5 Å². The summed E-state index contributed by atoms with van der Waals surface area (Å²) in [6.07, 6.45) is 0.808. The van der Waals surface area contributed by atoms with Crippen molar-refractivity contribution in [1.29, 1.82) is 0 Å². The van der Waals surface area contributed by atoms with Crippen LogP contribution in [0.5, 0.6) is 17.2 Å². The second-order valence-corrected chi connectivity index (χ2v) is 10.3. The first-order chi connectivity index (χ1) is 20.8. The molecule has 0 aliphatic rings. The van der Waals surface area contributed by atoms with Crippen LogP contribution in [0.15, 0.2) is 109 Å². The molecule has 0 aliphatic heterocycles. The highest BCUT2D eigenvalue weighted by Crippen LogP contribution is 2.24. The van der Waals surface area contributed by atoms with Gasteiger partial charge in [-0.25, -0.2) is 9.59 Å². The number of nitrogens with one attached hydrogen (secondary N) is 1. The molecule has 0 radical (unpaired) electrons. The Morgan fingerprint density at radius 1 is 0.767 bits per heavy atom. The molecule has 1 atom stereocenters. The monoisotopic (exact) mass is 582 g/mol. The van der Waals surface area contributed by atoms with Crippen LogP contribution in [0.2, 0.25) is 0 Å². The van der Waals surface area contributed by atoms with Gasteiger partial charge in [-0.2, -0.15) is 0 Å². The average molecular weight is 583 g/mol. The van der Waals surface area contributed by atoms with Crippen LogP contribution < -0.4 is 19.5 Å². The fourth-order valence-corrected chi connectivity index (χ4v) is 4.50. The van der Waals surface area contributed by atoms with Gasteiger partial charge in [0.15, 0.2) is 0 Å². The van der Waals surface area contributed by atoms with E-state index < -0.39 is 11.6 Å². The van der Waals surface area contributed by atoms with Gasteiger partial charge in [0.1, 0.15) is 17.2 Å². The summed E-state index contributed by atoms with van der Waals surface area (Å²) in [6.45, 7) is 5.44. The number of hydrogen-bond donors (Lipinski definition) is 2. The number of hydrogen-bond acceptors (Lipinski definition) is 5. The first kappa shape index (κ1) is 31.0. The highest BCUT2D eigenvalue weighted by Gasteiger charge is 2.36. The van der Waals surface area contributed by atoms with Gasteiger partial charge in [-0.3, -0.25) is 0 Å². The van der Waals surface area contributed by atoms with Crippen molar-refractivity contribution in [2.75, 3.05) is 25.1 Å². The van der Waals surface area contributed by atoms with E-state index in [1.165, 1.54) is 0 Å². The number of amides is 2. The summed E-state index contributed by atoms with van der Waals surface area (Å²) in [5.41, 5.74) is 1.12. The van der Waals surface area contributed by atoms with E-state index in [9.17, 15) is 14.7 Å². The second kappa shape index (κ2) is 15.3. The number of carboxylic acids is 1. The molecule has 0 unspecified atom stereocenters. The molecule has 8 heteroatoms. The number of benzene rings is 4. The molecule has 8 nitrogen and oxygen atoms in total. The third kappa shape index (κ3) is 9.53. The molecule has 2 amide bonds. The molecular weight excluding hydrogens is 544 g/mol. The summed E-state index contributed by atoms with van der Waals surface area (Å²) in [5.74, 6) is 0.881. The maximum atomic E-state index is 13.2. The molecule has 0 saturated heterocycles. The molecule has 2 N–H and O–H groups in total. The van der Waals surface area contributed by atoms with Gasteiger partial charge in [0, 0.05) is 25.2 Å². The van der Waals surface area contributed by atoms with Crippen LogP contribution >= 0.6 is 0 Å². The summed E-state index contributed by atoms with van der Waals surface area (Å²) in [4.78, 5) is 27.0. The molecular formula is C35H38N2O6. The number of carboxylic acid groups (broad SMARTS) is 1. The molecule has 43 heavy (non-hydrogen) atoms. The molecule has 0 aromatic heterocycles. The van der Waals surface area contributed by atoms with Crippen molar-refractivity contribution < 1.29 is 28.9 Å². The van der Waals surface area contributed by atoms with Crippen LogP contribution in [0.1, 0.15) is 31.4 Å². The second-order valence-electron chi connectivity index (χ2n) is 10.3. The zero-order valence-corrected chi connectivity index (χ0v) is 24.6. The highest BCUT2D eigenvalue weighted by atomic mass is 16.5. The Balaban J connectivity index is 1.31. The number of aliphatic carboxylic acids is 1. The van der Waals surface area contributed by atoms with Crippen molar-refractivity contribution in [3.63, 3.8) is 0 Å². The van der Waals surface area contributed by atoms with Gasteiger partial charge < -0.3 is 29.5 Å². The Morgan fingerprint density at radius 3 is 2.00 bits per heavy atom. The van der Waals surface area contributed by atoms with E-state index in [0.29, 0.717) is 49.9 Å². The Kier molecular flexibility index (Phi) is 11.0. The largest absolute Gasteiger partial charge is 0.494 e. The molecule has 0 spiro atoms. The lowest BCUT2D eigenvalue weighted by atomic mass is 9.96. The number of anilines is 1. The lowest BCUT2D eigenvalue weighted by Gasteiger charge is -2.26. The van der Waals surface area contributed by atoms with Crippen LogP contribution in [-0.2, 0) is 17.8 Å². The summed E-state index contributed by atoms with van der Waals surface area (Å²) in [5, 5.41) is 12.8. The van der Waals surface area contributed by atoms with E-state index in [2.05, 4.69) is 5.32 Å². The van der Waals surface area contributed by atoms with Gasteiger partial charge in [0.05, 0.1) is 13.2 Å². The van der Waals surface area contributed by atoms with E-state index in [1.54, 1.807) is 36.1 Å². The van der Waals surface area contributed by atoms with Crippen LogP contribution in [0, 0.1) is 0 Å². The Labute approximate surface area is 252 Å². The third-order valence-corrected chi connectivity index (χ3v) is 6.76. The maximum absolute atomic E-state index is 13.2. The topological polar surface area (TPSA) is 97.3 Å². The SMILES string of the molecule is CCOc1ccc(NC(=O)N(CCCOc2ccc(C[C@](C)(Oc3ccccc3)C(=O)O)cc2)Cc2ccccc2)cc1. The van der Waals surface area contributed by atoms with Crippen LogP contribution in [-0.4, -0.2) is 47.4 Å². The van der Waals surface area contributed by atoms with E-state index in [1.807, 2.05) is 91.9 Å². The van der Waals surface area contributed by atoms with Crippen molar-refractivity contribution in [3.8, 4) is 17.2 Å². The number of carbonyl (C=O) groups is 2. The van der Waals surface area contributed by atoms with Gasteiger partial charge in [-0.05, 0) is 79.9 Å². The Hall–Kier alpha value is -4.98. The van der Waals surface area contributed by atoms with Gasteiger partial charge in [-0.1, -0.05) is 60.7 Å². The van der Waals surface area contributed by atoms with E-state index in [0.717, 1.165) is 16.9 Å². The minimum absolute atomic E-state index is 0.190. The van der Waals surface area contributed by atoms with Crippen molar-refractivity contribution in [2.24, 2.45) is 0 Å². The molecule has 4 aromatic rings. The van der Waals surface area contributed by atoms with Gasteiger partial charge in [0.25, 0.3) is 0 Å². The van der Waals surface area contributed by atoms with Gasteiger partial charge in [-0.15, -0.1) is 0 Å². The molecule has 4 rings (SSSR count). The molecule has 0 aliphatic carbocycles. The number of nitrogens with zero attached hydrogens (tertiary/aromatic N) is 1. The van der Waals surface area contributed by atoms with E-state index in [4.69, 9.17) is 14.2 Å². The summed E-state index contributed by atoms with van der Waals surface area (Å²) in [6, 6.07) is 33.2. The highest BCUT2D eigenvalue weighted by molar-refractivity contribution is 5.89. The van der Waals surface area contributed by atoms with Crippen LogP contribution in [0.25, 0.3) is 0 Å². The fourth-order valence-electron chi connectivity index (χ4n) is 4.50. The standard InChI is InChI=1S/C35H38N2O6/c1-3-41-30-21-17-29(18-22-30)36-34(40)37(26-28-11-6-4-7-12-28)23-10-24-42-31-19-15-27(16-20-31)25-35(2,33(38)39)43-32-13-8-5-9-14-32/h4-9,11-22H,3,10,23-26H2,1-2H3,(H,36,40)(H,38,39)/t35-/m0/s1. The molecule has 0 saturated carbocycles. The smallest absolute Gasteiger partial charge is 0.348 e. The Morgan fingerprint density at radius 2 is 1.37 bits per heavy atom. The number of urea groups is 1. The van der Waals surface area contributed by atoms with Gasteiger partial charge >= 0.3 is 12.0 Å². The predicted molar refractivity (Wildman–Crippen MR) is 167 cm³/mol. The normalized spacial score (nSPS) is 12.0. The third-order valence-electron chi connectivity index (χ3n) is 6.76. The van der Waals surface area contributed by atoms with Crippen LogP contribution in [0.3, 0.4) is 0 Å². The first-order valence-electron chi connectivity index (χ1n) is 14.4. The quantitative estimate of drug-likeness (QED) is 0.146. The summed E-state index contributed by atoms with van der Waals surface area (Å²) in [7, 11) is 0. The zero-order chi connectivity index (χ0) is 30.5. The van der Waals surface area contributed by atoms with Crippen molar-refractivity contribution >= 4 is 17.7 Å². The van der Waals surface area contributed by atoms with Gasteiger partial charge in [0.2, 0.25) is 5.60 Å². The van der Waals surface area contributed by atoms with Crippen molar-refractivity contribution in [3.05, 3.63) is 120 Å². The molecule has 0 fully saturated rings. The molecule has 0 bridgehead atoms. The number of rotatable bonds is 15. The summed E-state index contributed by atoms with van der Waals surface area (Å²) >= 11 is 0. The molecule has 4 aromatic carbocycles. The first-order valence-corrected chi connectivity index (χ1v) is 14.4. The molecule has 224 valence electrons. The zero-order valence-electron chi connectivity index (χ0n) is 24.6. The lowest BCUT2D eigenvalue weighted by Crippen LogP contribution is -2.43. The predicted octanol–water partition coefficient (Wildman–Crippen LogP) is 7.05. The minimum atomic E-state index is -1.42. The minimum Gasteiger partial charge on any atom is -0.494 e. The van der Waals surface area contributed by atoms with E-state index >= 15 is 0 Å². The molecule has 0 heterocycles. The van der Waals surface area contributed by atoms with Crippen molar-refractivity contribution in [2.45, 2.75) is 38.8 Å². The summed E-state index contributed by atoms with van der Waals surface area (Å²) < 4.78 is 17.3. The number of para-hydroxylation sites is 1. The number of ether oxygens (including phenoxy) is 3. The Bertz CT molecular complexity index is 1430. The maximum Gasteiger partial charge on any atom is 0.348 e. The fraction of sp³-hybridized carbons (Fsp3) is 0.257. The number of carbonyl (C=O) groups excluding carboxylic acids is 1.